The molecule has 3 N–H and O–H groups in total. The second kappa shape index (κ2) is 6.53. The van der Waals surface area contributed by atoms with E-state index in [9.17, 15) is 4.79 Å². The third kappa shape index (κ3) is 4.40. The zero-order valence-corrected chi connectivity index (χ0v) is 9.72. The van der Waals surface area contributed by atoms with Crippen LogP contribution in [-0.2, 0) is 11.2 Å². The molecule has 1 amide bonds. The van der Waals surface area contributed by atoms with Crippen LogP contribution in [0.2, 0.25) is 0 Å². The molecule has 1 aromatic rings. The van der Waals surface area contributed by atoms with Crippen LogP contribution in [0.25, 0.3) is 0 Å². The Kier molecular flexibility index (Phi) is 5.28. The summed E-state index contributed by atoms with van der Waals surface area (Å²) in [5.74, 6) is -0.0617. The van der Waals surface area contributed by atoms with Crippen LogP contribution in [-0.4, -0.2) is 23.5 Å². The van der Waals surface area contributed by atoms with E-state index in [-0.39, 0.29) is 11.9 Å². The van der Waals surface area contributed by atoms with Gasteiger partial charge in [-0.2, -0.15) is 0 Å². The normalized spacial score (nSPS) is 12.4. The number of thiazole rings is 1. The lowest BCUT2D eigenvalue weighted by Gasteiger charge is -2.10. The summed E-state index contributed by atoms with van der Waals surface area (Å²) in [5.41, 5.74) is 5.66. The van der Waals surface area contributed by atoms with Gasteiger partial charge in [-0.1, -0.05) is 13.3 Å². The summed E-state index contributed by atoms with van der Waals surface area (Å²) in [6.45, 7) is 2.63. The summed E-state index contributed by atoms with van der Waals surface area (Å²) < 4.78 is 0. The maximum atomic E-state index is 11.4. The van der Waals surface area contributed by atoms with Crippen molar-refractivity contribution in [2.75, 3.05) is 6.54 Å². The van der Waals surface area contributed by atoms with Crippen molar-refractivity contribution in [3.05, 3.63) is 16.6 Å². The molecule has 1 aromatic heterocycles. The lowest BCUT2D eigenvalue weighted by molar-refractivity contribution is -0.122. The number of nitrogens with zero attached hydrogens (tertiary/aromatic N) is 1. The number of hydrogen-bond donors (Lipinski definition) is 2. The number of nitrogens with two attached hydrogens (primary N) is 1. The van der Waals surface area contributed by atoms with Crippen LogP contribution in [0.1, 0.15) is 24.8 Å². The molecule has 0 fully saturated rings. The zero-order valence-electron chi connectivity index (χ0n) is 8.90. The Morgan fingerprint density at radius 2 is 2.53 bits per heavy atom. The first-order valence-electron chi connectivity index (χ1n) is 5.15. The van der Waals surface area contributed by atoms with Crippen molar-refractivity contribution in [2.24, 2.45) is 5.73 Å². The van der Waals surface area contributed by atoms with Gasteiger partial charge < -0.3 is 11.1 Å². The number of hydrogen-bond acceptors (Lipinski definition) is 4. The van der Waals surface area contributed by atoms with Crippen molar-refractivity contribution in [2.45, 2.75) is 32.2 Å². The highest BCUT2D eigenvalue weighted by Gasteiger charge is 2.10. The minimum Gasteiger partial charge on any atom is -0.354 e. The zero-order chi connectivity index (χ0) is 11.1. The number of carbonyl (C=O) groups excluding carboxylic acids is 1. The molecule has 0 aromatic carbocycles. The first kappa shape index (κ1) is 12.1. The highest BCUT2D eigenvalue weighted by molar-refractivity contribution is 7.09. The average Bonchev–Trinajstić information content (AvgIpc) is 2.71. The Labute approximate surface area is 93.9 Å². The maximum absolute atomic E-state index is 11.4. The van der Waals surface area contributed by atoms with E-state index in [1.165, 1.54) is 0 Å². The maximum Gasteiger partial charge on any atom is 0.236 e. The molecule has 84 valence electrons. The highest BCUT2D eigenvalue weighted by Crippen LogP contribution is 2.03. The molecular formula is C10H17N3OS. The molecule has 0 bridgehead atoms. The molecule has 1 rings (SSSR count). The molecule has 0 aliphatic rings. The molecule has 1 atom stereocenters. The van der Waals surface area contributed by atoms with Crippen LogP contribution >= 0.6 is 11.3 Å². The van der Waals surface area contributed by atoms with Crippen molar-refractivity contribution < 1.29 is 4.79 Å². The van der Waals surface area contributed by atoms with Crippen LogP contribution in [0, 0.1) is 0 Å². The summed E-state index contributed by atoms with van der Waals surface area (Å²) in [6, 6.07) is -0.369. The van der Waals surface area contributed by atoms with Crippen LogP contribution in [0.15, 0.2) is 11.6 Å². The fraction of sp³-hybridized carbons (Fsp3) is 0.600. The lowest BCUT2D eigenvalue weighted by atomic mass is 10.2. The first-order valence-corrected chi connectivity index (χ1v) is 6.03. The van der Waals surface area contributed by atoms with Gasteiger partial charge in [0.25, 0.3) is 0 Å². The van der Waals surface area contributed by atoms with Crippen LogP contribution < -0.4 is 11.1 Å². The molecule has 0 radical (unpaired) electrons. The topological polar surface area (TPSA) is 68.0 Å². The molecule has 0 saturated carbocycles. The minimum atomic E-state index is -0.369. The Morgan fingerprint density at radius 1 is 1.73 bits per heavy atom. The average molecular weight is 227 g/mol. The van der Waals surface area contributed by atoms with Gasteiger partial charge in [0, 0.05) is 24.5 Å². The second-order valence-corrected chi connectivity index (χ2v) is 4.34. The van der Waals surface area contributed by atoms with E-state index < -0.39 is 0 Å². The van der Waals surface area contributed by atoms with Gasteiger partial charge in [0.15, 0.2) is 0 Å². The van der Waals surface area contributed by atoms with E-state index in [1.54, 1.807) is 17.5 Å². The van der Waals surface area contributed by atoms with Crippen molar-refractivity contribution in [1.29, 1.82) is 0 Å². The highest BCUT2D eigenvalue weighted by atomic mass is 32.1. The summed E-state index contributed by atoms with van der Waals surface area (Å²) in [6.07, 6.45) is 4.22. The smallest absolute Gasteiger partial charge is 0.236 e. The minimum absolute atomic E-state index is 0.0617. The molecular weight excluding hydrogens is 210 g/mol. The van der Waals surface area contributed by atoms with Gasteiger partial charge >= 0.3 is 0 Å². The molecule has 1 heterocycles. The van der Waals surface area contributed by atoms with E-state index in [4.69, 9.17) is 5.73 Å². The lowest BCUT2D eigenvalue weighted by Crippen LogP contribution is -2.41. The monoisotopic (exact) mass is 227 g/mol. The molecule has 0 spiro atoms. The van der Waals surface area contributed by atoms with E-state index >= 15 is 0 Å². The number of aromatic nitrogens is 1. The predicted molar refractivity (Wildman–Crippen MR) is 61.7 cm³/mol. The van der Waals surface area contributed by atoms with Gasteiger partial charge in [-0.15, -0.1) is 11.3 Å². The van der Waals surface area contributed by atoms with Gasteiger partial charge in [0.1, 0.15) is 0 Å². The first-order chi connectivity index (χ1) is 7.24. The molecule has 0 aliphatic heterocycles. The quantitative estimate of drug-likeness (QED) is 0.759. The van der Waals surface area contributed by atoms with Crippen molar-refractivity contribution in [3.8, 4) is 0 Å². The van der Waals surface area contributed by atoms with Gasteiger partial charge in [-0.05, 0) is 6.42 Å². The molecule has 15 heavy (non-hydrogen) atoms. The summed E-state index contributed by atoms with van der Waals surface area (Å²) in [7, 11) is 0. The van der Waals surface area contributed by atoms with Crippen molar-refractivity contribution in [1.82, 2.24) is 10.3 Å². The van der Waals surface area contributed by atoms with Crippen LogP contribution in [0.5, 0.6) is 0 Å². The fourth-order valence-electron chi connectivity index (χ4n) is 1.24. The Hall–Kier alpha value is -0.940. The van der Waals surface area contributed by atoms with Gasteiger partial charge in [0.05, 0.1) is 11.0 Å². The third-order valence-electron chi connectivity index (χ3n) is 2.06. The summed E-state index contributed by atoms with van der Waals surface area (Å²) in [4.78, 5) is 15.5. The number of rotatable bonds is 6. The molecule has 4 nitrogen and oxygen atoms in total. The number of carbonyl (C=O) groups is 1. The number of nitrogens with one attached hydrogen (secondary N) is 1. The molecule has 0 saturated heterocycles. The molecule has 0 aliphatic carbocycles. The van der Waals surface area contributed by atoms with Gasteiger partial charge in [-0.3, -0.25) is 4.79 Å². The summed E-state index contributed by atoms with van der Waals surface area (Å²) >= 11 is 1.60. The van der Waals surface area contributed by atoms with Gasteiger partial charge in [0.2, 0.25) is 5.91 Å². The standard InChI is InChI=1S/C10H17N3OS/c1-2-3-8(11)10(14)13-5-4-9-12-6-7-15-9/h6-8H,2-5,11H2,1H3,(H,13,14)/t8-/m1/s1. The Balaban J connectivity index is 2.17. The van der Waals surface area contributed by atoms with E-state index in [1.807, 2.05) is 12.3 Å². The van der Waals surface area contributed by atoms with Gasteiger partial charge in [-0.25, -0.2) is 4.98 Å². The predicted octanol–water partition coefficient (Wildman–Crippen LogP) is 0.929. The SMILES string of the molecule is CCC[C@@H](N)C(=O)NCCc1nccs1. The summed E-state index contributed by atoms with van der Waals surface area (Å²) in [5, 5.41) is 5.78. The van der Waals surface area contributed by atoms with Crippen molar-refractivity contribution >= 4 is 17.2 Å². The van der Waals surface area contributed by atoms with E-state index in [2.05, 4.69) is 10.3 Å². The second-order valence-electron chi connectivity index (χ2n) is 3.36. The molecule has 5 heteroatoms. The number of amides is 1. The largest absolute Gasteiger partial charge is 0.354 e. The Bertz CT molecular complexity index is 287. The van der Waals surface area contributed by atoms with E-state index in [0.29, 0.717) is 6.54 Å². The van der Waals surface area contributed by atoms with Crippen LogP contribution in [0.4, 0.5) is 0 Å². The fourth-order valence-corrected chi connectivity index (χ4v) is 1.86. The van der Waals surface area contributed by atoms with E-state index in [0.717, 1.165) is 24.3 Å². The molecule has 0 unspecified atom stereocenters. The Morgan fingerprint density at radius 3 is 3.13 bits per heavy atom. The van der Waals surface area contributed by atoms with Crippen LogP contribution in [0.3, 0.4) is 0 Å². The van der Waals surface area contributed by atoms with Crippen molar-refractivity contribution in [3.63, 3.8) is 0 Å². The third-order valence-corrected chi connectivity index (χ3v) is 2.90.